The molecule has 2 aromatic rings. The summed E-state index contributed by atoms with van der Waals surface area (Å²) < 4.78 is 11.8. The molecule has 5 nitrogen and oxygen atoms in total. The van der Waals surface area contributed by atoms with E-state index in [0.29, 0.717) is 40.5 Å². The average molecular weight is 471 g/mol. The quantitative estimate of drug-likeness (QED) is 0.415. The van der Waals surface area contributed by atoms with Gasteiger partial charge in [0.05, 0.1) is 6.61 Å². The Hall–Kier alpha value is -2.57. The summed E-state index contributed by atoms with van der Waals surface area (Å²) in [6.45, 7) is 2.81. The molecule has 4 rings (SSSR count). The molecule has 1 aliphatic heterocycles. The monoisotopic (exact) mass is 470 g/mol. The van der Waals surface area contributed by atoms with Gasteiger partial charge in [0, 0.05) is 11.1 Å². The number of thiocarbonyl (C=S) groups is 1. The lowest BCUT2D eigenvalue weighted by Gasteiger charge is -2.29. The summed E-state index contributed by atoms with van der Waals surface area (Å²) in [5.74, 6) is 1.21. The number of nitrogens with one attached hydrogen (secondary N) is 1. The number of hydrogen-bond donors (Lipinski definition) is 1. The Morgan fingerprint density at radius 1 is 1.12 bits per heavy atom. The van der Waals surface area contributed by atoms with Gasteiger partial charge in [-0.3, -0.25) is 9.69 Å². The minimum Gasteiger partial charge on any atom is -0.490 e. The second kappa shape index (κ2) is 10.4. The molecule has 0 unspecified atom stereocenters. The minimum atomic E-state index is -0.0545. The molecular weight excluding hydrogens is 444 g/mol. The number of carbonyl (C=O) groups is 1. The lowest BCUT2D eigenvalue weighted by Crippen LogP contribution is -2.41. The first kappa shape index (κ1) is 22.6. The molecule has 2 aromatic carbocycles. The third kappa shape index (κ3) is 5.25. The standard InChI is InChI=1S/C25H27ClN2O3S/c1-2-30-23-15-17(11-12-22(23)31-16-18-7-6-8-19(26)13-18)14-21-24(29)28(25(32)27-21)20-9-4-3-5-10-20/h6-8,11-15,20H,2-5,9-10,16H2,1H3,(H,27,32)/b21-14-. The van der Waals surface area contributed by atoms with Gasteiger partial charge >= 0.3 is 0 Å². The molecule has 1 N–H and O–H groups in total. The molecule has 0 atom stereocenters. The summed E-state index contributed by atoms with van der Waals surface area (Å²) >= 11 is 11.5. The van der Waals surface area contributed by atoms with Gasteiger partial charge in [0.25, 0.3) is 5.91 Å². The van der Waals surface area contributed by atoms with Gasteiger partial charge in [-0.05, 0) is 73.5 Å². The fourth-order valence-corrected chi connectivity index (χ4v) is 4.73. The number of halogens is 1. The summed E-state index contributed by atoms with van der Waals surface area (Å²) in [4.78, 5) is 14.8. The van der Waals surface area contributed by atoms with Crippen molar-refractivity contribution in [2.75, 3.05) is 6.61 Å². The molecule has 1 heterocycles. The predicted octanol–water partition coefficient (Wildman–Crippen LogP) is 5.71. The second-order valence-corrected chi connectivity index (χ2v) is 8.84. The number of carbonyl (C=O) groups excluding carboxylic acids is 1. The van der Waals surface area contributed by atoms with Gasteiger partial charge in [0.2, 0.25) is 0 Å². The van der Waals surface area contributed by atoms with E-state index in [-0.39, 0.29) is 11.9 Å². The number of benzene rings is 2. The van der Waals surface area contributed by atoms with E-state index in [4.69, 9.17) is 33.3 Å². The topological polar surface area (TPSA) is 50.8 Å². The van der Waals surface area contributed by atoms with Gasteiger partial charge in [-0.1, -0.05) is 49.1 Å². The molecule has 0 spiro atoms. The number of hydrogen-bond acceptors (Lipinski definition) is 4. The van der Waals surface area contributed by atoms with E-state index in [2.05, 4.69) is 5.32 Å². The van der Waals surface area contributed by atoms with Crippen LogP contribution in [-0.4, -0.2) is 28.6 Å². The van der Waals surface area contributed by atoms with Crippen LogP contribution >= 0.6 is 23.8 Å². The van der Waals surface area contributed by atoms with E-state index in [1.165, 1.54) is 6.42 Å². The zero-order valence-electron chi connectivity index (χ0n) is 18.1. The number of nitrogens with zero attached hydrogens (tertiary/aromatic N) is 1. The van der Waals surface area contributed by atoms with Crippen molar-refractivity contribution in [2.24, 2.45) is 0 Å². The van der Waals surface area contributed by atoms with Gasteiger partial charge in [-0.2, -0.15) is 0 Å². The highest BCUT2D eigenvalue weighted by atomic mass is 35.5. The van der Waals surface area contributed by atoms with Gasteiger partial charge in [-0.25, -0.2) is 0 Å². The molecule has 2 aliphatic rings. The largest absolute Gasteiger partial charge is 0.490 e. The SMILES string of the molecule is CCOc1cc(/C=C2\NC(=S)N(C3CCCCC3)C2=O)ccc1OCc1cccc(Cl)c1. The van der Waals surface area contributed by atoms with E-state index in [1.54, 1.807) is 4.90 Å². The Kier molecular flexibility index (Phi) is 7.33. The molecule has 0 bridgehead atoms. The number of ether oxygens (including phenoxy) is 2. The minimum absolute atomic E-state index is 0.0545. The smallest absolute Gasteiger partial charge is 0.276 e. The van der Waals surface area contributed by atoms with Crippen molar-refractivity contribution in [3.63, 3.8) is 0 Å². The summed E-state index contributed by atoms with van der Waals surface area (Å²) in [5, 5.41) is 4.27. The Balaban J connectivity index is 1.51. The van der Waals surface area contributed by atoms with Gasteiger partial charge in [0.15, 0.2) is 16.6 Å². The first-order valence-electron chi connectivity index (χ1n) is 11.1. The highest BCUT2D eigenvalue weighted by molar-refractivity contribution is 7.80. The molecule has 0 aromatic heterocycles. The van der Waals surface area contributed by atoms with Crippen LogP contribution in [0.3, 0.4) is 0 Å². The maximum atomic E-state index is 13.0. The Morgan fingerprint density at radius 2 is 1.94 bits per heavy atom. The van der Waals surface area contributed by atoms with Crippen LogP contribution in [0.2, 0.25) is 5.02 Å². The van der Waals surface area contributed by atoms with E-state index >= 15 is 0 Å². The normalized spacial score (nSPS) is 18.2. The summed E-state index contributed by atoms with van der Waals surface area (Å²) in [6, 6.07) is 13.4. The highest BCUT2D eigenvalue weighted by Crippen LogP contribution is 2.31. The first-order valence-corrected chi connectivity index (χ1v) is 11.8. The molecule has 32 heavy (non-hydrogen) atoms. The van der Waals surface area contributed by atoms with Gasteiger partial charge in [0.1, 0.15) is 12.3 Å². The molecule has 1 aliphatic carbocycles. The molecule has 2 fully saturated rings. The third-order valence-corrected chi connectivity index (χ3v) is 6.25. The van der Waals surface area contributed by atoms with E-state index in [0.717, 1.165) is 36.8 Å². The predicted molar refractivity (Wildman–Crippen MR) is 131 cm³/mol. The maximum Gasteiger partial charge on any atom is 0.276 e. The van der Waals surface area contributed by atoms with Crippen molar-refractivity contribution in [1.82, 2.24) is 10.2 Å². The summed E-state index contributed by atoms with van der Waals surface area (Å²) in [7, 11) is 0. The highest BCUT2D eigenvalue weighted by Gasteiger charge is 2.36. The van der Waals surface area contributed by atoms with Crippen molar-refractivity contribution in [2.45, 2.75) is 51.7 Å². The molecule has 0 radical (unpaired) electrons. The van der Waals surface area contributed by atoms with Crippen LogP contribution < -0.4 is 14.8 Å². The lowest BCUT2D eigenvalue weighted by molar-refractivity contribution is -0.124. The van der Waals surface area contributed by atoms with Crippen LogP contribution in [0.25, 0.3) is 6.08 Å². The van der Waals surface area contributed by atoms with Crippen molar-refractivity contribution < 1.29 is 14.3 Å². The Labute approximate surface area is 199 Å². The Morgan fingerprint density at radius 3 is 2.69 bits per heavy atom. The van der Waals surface area contributed by atoms with Crippen LogP contribution in [0.15, 0.2) is 48.2 Å². The molecule has 1 saturated heterocycles. The van der Waals surface area contributed by atoms with Crippen LogP contribution in [0, 0.1) is 0 Å². The van der Waals surface area contributed by atoms with Crippen molar-refractivity contribution in [1.29, 1.82) is 0 Å². The van der Waals surface area contributed by atoms with E-state index < -0.39 is 0 Å². The Bertz CT molecular complexity index is 1030. The van der Waals surface area contributed by atoms with Crippen molar-refractivity contribution >= 4 is 40.9 Å². The maximum absolute atomic E-state index is 13.0. The molecular formula is C25H27ClN2O3S. The summed E-state index contributed by atoms with van der Waals surface area (Å²) in [6.07, 6.45) is 7.35. The number of amides is 1. The number of rotatable bonds is 7. The van der Waals surface area contributed by atoms with Crippen molar-refractivity contribution in [3.05, 3.63) is 64.3 Å². The third-order valence-electron chi connectivity index (χ3n) is 5.71. The van der Waals surface area contributed by atoms with E-state index in [9.17, 15) is 4.79 Å². The fraction of sp³-hybridized carbons (Fsp3) is 0.360. The zero-order valence-corrected chi connectivity index (χ0v) is 19.7. The van der Waals surface area contributed by atoms with Crippen LogP contribution in [0.5, 0.6) is 11.5 Å². The van der Waals surface area contributed by atoms with E-state index in [1.807, 2.05) is 55.5 Å². The molecule has 168 valence electrons. The first-order chi connectivity index (χ1) is 15.5. The fourth-order valence-electron chi connectivity index (χ4n) is 4.18. The van der Waals surface area contributed by atoms with Crippen LogP contribution in [0.4, 0.5) is 0 Å². The van der Waals surface area contributed by atoms with Gasteiger partial charge < -0.3 is 14.8 Å². The second-order valence-electron chi connectivity index (χ2n) is 8.01. The van der Waals surface area contributed by atoms with Crippen LogP contribution in [-0.2, 0) is 11.4 Å². The van der Waals surface area contributed by atoms with Crippen molar-refractivity contribution in [3.8, 4) is 11.5 Å². The van der Waals surface area contributed by atoms with Gasteiger partial charge in [-0.15, -0.1) is 0 Å². The zero-order chi connectivity index (χ0) is 22.5. The summed E-state index contributed by atoms with van der Waals surface area (Å²) in [5.41, 5.74) is 2.31. The average Bonchev–Trinajstić information content (AvgIpc) is 3.07. The molecule has 1 saturated carbocycles. The molecule has 1 amide bonds. The lowest BCUT2D eigenvalue weighted by atomic mass is 9.94. The molecule has 7 heteroatoms. The van der Waals surface area contributed by atoms with Crippen LogP contribution in [0.1, 0.15) is 50.2 Å².